The highest BCUT2D eigenvalue weighted by molar-refractivity contribution is 14.1. The molecule has 0 radical (unpaired) electrons. The summed E-state index contributed by atoms with van der Waals surface area (Å²) in [5, 5.41) is 4.06. The van der Waals surface area contributed by atoms with Crippen molar-refractivity contribution in [3.8, 4) is 5.75 Å². The molecule has 0 bridgehead atoms. The van der Waals surface area contributed by atoms with Crippen LogP contribution in [0.5, 0.6) is 5.75 Å². The molecular formula is C12H6Cl2F2INO2S. The molecule has 0 unspecified atom stereocenters. The monoisotopic (exact) mass is 463 g/mol. The Hall–Kier alpha value is -0.640. The van der Waals surface area contributed by atoms with Gasteiger partial charge in [-0.3, -0.25) is 4.79 Å². The molecule has 2 aromatic rings. The molecule has 1 aromatic heterocycles. The van der Waals surface area contributed by atoms with Gasteiger partial charge in [-0.1, -0.05) is 23.2 Å². The first kappa shape index (κ1) is 16.7. The Morgan fingerprint density at radius 1 is 1.29 bits per heavy atom. The third-order valence-electron chi connectivity index (χ3n) is 2.29. The van der Waals surface area contributed by atoms with Crippen LogP contribution in [-0.2, 0) is 0 Å². The lowest BCUT2D eigenvalue weighted by molar-refractivity contribution is -0.0497. The van der Waals surface area contributed by atoms with Crippen molar-refractivity contribution in [2.45, 2.75) is 6.61 Å². The minimum Gasteiger partial charge on any atom is -0.432 e. The molecule has 1 heterocycles. The van der Waals surface area contributed by atoms with Gasteiger partial charge < -0.3 is 10.1 Å². The lowest BCUT2D eigenvalue weighted by Gasteiger charge is -2.11. The third-order valence-corrected chi connectivity index (χ3v) is 4.64. The van der Waals surface area contributed by atoms with Gasteiger partial charge >= 0.3 is 6.61 Å². The zero-order chi connectivity index (χ0) is 15.6. The van der Waals surface area contributed by atoms with E-state index >= 15 is 0 Å². The molecule has 3 nitrogen and oxygen atoms in total. The first-order valence-electron chi connectivity index (χ1n) is 5.36. The van der Waals surface area contributed by atoms with Crippen LogP contribution in [0.4, 0.5) is 14.5 Å². The van der Waals surface area contributed by atoms with Crippen LogP contribution in [0.15, 0.2) is 23.6 Å². The van der Waals surface area contributed by atoms with Crippen molar-refractivity contribution in [1.29, 1.82) is 0 Å². The summed E-state index contributed by atoms with van der Waals surface area (Å²) in [5.41, 5.74) is 0.780. The van der Waals surface area contributed by atoms with Crippen LogP contribution in [0.25, 0.3) is 0 Å². The van der Waals surface area contributed by atoms with Gasteiger partial charge in [0.2, 0.25) is 0 Å². The summed E-state index contributed by atoms with van der Waals surface area (Å²) in [6.45, 7) is -3.03. The van der Waals surface area contributed by atoms with Gasteiger partial charge in [-0.05, 0) is 40.8 Å². The maximum absolute atomic E-state index is 12.2. The van der Waals surface area contributed by atoms with Crippen LogP contribution >= 0.6 is 57.1 Å². The molecule has 21 heavy (non-hydrogen) atoms. The van der Waals surface area contributed by atoms with Crippen LogP contribution in [0.3, 0.4) is 0 Å². The van der Waals surface area contributed by atoms with Crippen molar-refractivity contribution in [2.75, 3.05) is 5.32 Å². The molecule has 0 fully saturated rings. The summed E-state index contributed by atoms with van der Waals surface area (Å²) in [7, 11) is 0. The molecule has 0 saturated carbocycles. The molecule has 1 aromatic carbocycles. The smallest absolute Gasteiger partial charge is 0.387 e. The van der Waals surface area contributed by atoms with Crippen LogP contribution in [0, 0.1) is 2.88 Å². The van der Waals surface area contributed by atoms with E-state index in [1.165, 1.54) is 23.5 Å². The highest BCUT2D eigenvalue weighted by Gasteiger charge is 2.16. The van der Waals surface area contributed by atoms with Crippen LogP contribution in [0.2, 0.25) is 10.0 Å². The van der Waals surface area contributed by atoms with Crippen molar-refractivity contribution in [2.24, 2.45) is 0 Å². The van der Waals surface area contributed by atoms with E-state index in [4.69, 9.17) is 23.2 Å². The quantitative estimate of drug-likeness (QED) is 0.607. The number of anilines is 1. The van der Waals surface area contributed by atoms with Gasteiger partial charge in [-0.15, -0.1) is 11.3 Å². The highest BCUT2D eigenvalue weighted by Crippen LogP contribution is 2.37. The number of benzene rings is 1. The van der Waals surface area contributed by atoms with E-state index in [9.17, 15) is 13.6 Å². The van der Waals surface area contributed by atoms with Crippen molar-refractivity contribution in [3.63, 3.8) is 0 Å². The fraction of sp³-hybridized carbons (Fsp3) is 0.0833. The molecule has 9 heteroatoms. The second kappa shape index (κ2) is 7.08. The number of hydrogen-bond acceptors (Lipinski definition) is 3. The molecule has 0 atom stereocenters. The van der Waals surface area contributed by atoms with E-state index in [0.717, 1.165) is 2.88 Å². The van der Waals surface area contributed by atoms with Gasteiger partial charge in [0.1, 0.15) is 0 Å². The second-order valence-corrected chi connectivity index (χ2v) is 7.36. The maximum atomic E-state index is 12.2. The summed E-state index contributed by atoms with van der Waals surface area (Å²) in [6.07, 6.45) is 0. The molecule has 1 N–H and O–H groups in total. The molecule has 0 saturated heterocycles. The molecule has 0 aliphatic rings. The van der Waals surface area contributed by atoms with Gasteiger partial charge in [-0.25, -0.2) is 0 Å². The minimum atomic E-state index is -3.03. The van der Waals surface area contributed by atoms with Crippen LogP contribution < -0.4 is 10.1 Å². The second-order valence-electron chi connectivity index (χ2n) is 3.74. The Labute approximate surface area is 146 Å². The topological polar surface area (TPSA) is 38.3 Å². The SMILES string of the molecule is O=C(Nc1cc(Cl)c(OC(F)F)c(Cl)c1)c1csc(I)c1. The van der Waals surface area contributed by atoms with E-state index in [0.29, 0.717) is 5.56 Å². The van der Waals surface area contributed by atoms with Crippen molar-refractivity contribution in [3.05, 3.63) is 42.1 Å². The maximum Gasteiger partial charge on any atom is 0.387 e. The van der Waals surface area contributed by atoms with Gasteiger partial charge in [-0.2, -0.15) is 8.78 Å². The van der Waals surface area contributed by atoms with Crippen molar-refractivity contribution >= 4 is 68.7 Å². The average molecular weight is 464 g/mol. The average Bonchev–Trinajstić information content (AvgIpc) is 2.80. The summed E-state index contributed by atoms with van der Waals surface area (Å²) >= 11 is 15.2. The summed E-state index contributed by atoms with van der Waals surface area (Å²) in [4.78, 5) is 12.0. The number of carbonyl (C=O) groups excluding carboxylic acids is 1. The van der Waals surface area contributed by atoms with Gasteiger partial charge in [0, 0.05) is 11.1 Å². The molecule has 1 amide bonds. The predicted octanol–water partition coefficient (Wildman–Crippen LogP) is 5.51. The lowest BCUT2D eigenvalue weighted by atomic mass is 10.2. The number of ether oxygens (including phenoxy) is 1. The normalized spacial score (nSPS) is 10.8. The summed E-state index contributed by atoms with van der Waals surface area (Å²) < 4.78 is 29.6. The van der Waals surface area contributed by atoms with Crippen molar-refractivity contribution in [1.82, 2.24) is 0 Å². The fourth-order valence-corrected chi connectivity index (χ4v) is 3.37. The number of alkyl halides is 2. The van der Waals surface area contributed by atoms with Gasteiger partial charge in [0.05, 0.1) is 18.5 Å². The Kier molecular flexibility index (Phi) is 5.64. The number of carbonyl (C=O) groups is 1. The molecule has 2 rings (SSSR count). The number of thiophene rings is 1. The summed E-state index contributed by atoms with van der Waals surface area (Å²) in [5.74, 6) is -0.666. The molecule has 0 spiro atoms. The highest BCUT2D eigenvalue weighted by atomic mass is 127. The Bertz CT molecular complexity index is 658. The van der Waals surface area contributed by atoms with E-state index in [1.54, 1.807) is 11.4 Å². The Morgan fingerprint density at radius 3 is 2.38 bits per heavy atom. The lowest BCUT2D eigenvalue weighted by Crippen LogP contribution is -2.11. The zero-order valence-corrected chi connectivity index (χ0v) is 14.5. The summed E-state index contributed by atoms with van der Waals surface area (Å²) in [6, 6.07) is 4.30. The number of amides is 1. The largest absolute Gasteiger partial charge is 0.432 e. The number of hydrogen-bond donors (Lipinski definition) is 1. The predicted molar refractivity (Wildman–Crippen MR) is 88.1 cm³/mol. The third kappa shape index (κ3) is 4.41. The van der Waals surface area contributed by atoms with Gasteiger partial charge in [0.15, 0.2) is 5.75 Å². The molecule has 0 aliphatic heterocycles. The molecule has 0 aliphatic carbocycles. The first-order valence-corrected chi connectivity index (χ1v) is 8.07. The number of halogens is 5. The van der Waals surface area contributed by atoms with E-state index < -0.39 is 6.61 Å². The standard InChI is InChI=1S/C12H6Cl2F2INO2S/c13-7-2-6(3-8(14)10(7)20-12(15)16)18-11(19)5-1-9(17)21-4-5/h1-4,12H,(H,18,19). The van der Waals surface area contributed by atoms with Gasteiger partial charge in [0.25, 0.3) is 5.91 Å². The zero-order valence-electron chi connectivity index (χ0n) is 10.0. The Balaban J connectivity index is 2.20. The van der Waals surface area contributed by atoms with Crippen LogP contribution in [-0.4, -0.2) is 12.5 Å². The van der Waals surface area contributed by atoms with Crippen LogP contribution in [0.1, 0.15) is 10.4 Å². The van der Waals surface area contributed by atoms with Crippen molar-refractivity contribution < 1.29 is 18.3 Å². The van der Waals surface area contributed by atoms with E-state index in [1.807, 2.05) is 0 Å². The molecule has 112 valence electrons. The minimum absolute atomic E-state index is 0.113. The van der Waals surface area contributed by atoms with E-state index in [-0.39, 0.29) is 27.4 Å². The molecular weight excluding hydrogens is 458 g/mol. The van der Waals surface area contributed by atoms with E-state index in [2.05, 4.69) is 32.6 Å². The fourth-order valence-electron chi connectivity index (χ4n) is 1.47. The number of nitrogens with one attached hydrogen (secondary N) is 1. The first-order chi connectivity index (χ1) is 9.86. The Morgan fingerprint density at radius 2 is 1.90 bits per heavy atom. The number of rotatable bonds is 4.